The highest BCUT2D eigenvalue weighted by atomic mass is 16.2. The van der Waals surface area contributed by atoms with Crippen LogP contribution in [0.25, 0.3) is 0 Å². The summed E-state index contributed by atoms with van der Waals surface area (Å²) in [6.45, 7) is 5.99. The lowest BCUT2D eigenvalue weighted by molar-refractivity contribution is -0.141. The minimum atomic E-state index is -0.273. The molecule has 0 saturated carbocycles. The fourth-order valence-corrected chi connectivity index (χ4v) is 2.61. The van der Waals surface area contributed by atoms with Crippen LogP contribution in [0.3, 0.4) is 0 Å². The van der Waals surface area contributed by atoms with Crippen LogP contribution >= 0.6 is 0 Å². The highest BCUT2D eigenvalue weighted by Gasteiger charge is 2.23. The van der Waals surface area contributed by atoms with E-state index >= 15 is 0 Å². The number of aryl methyl sites for hydroxylation is 1. The van der Waals surface area contributed by atoms with Gasteiger partial charge in [-0.25, -0.2) is 0 Å². The van der Waals surface area contributed by atoms with Crippen molar-refractivity contribution in [3.05, 3.63) is 35.4 Å². The van der Waals surface area contributed by atoms with Crippen LogP contribution < -0.4 is 5.32 Å². The van der Waals surface area contributed by atoms with Gasteiger partial charge in [0.25, 0.3) is 0 Å². The predicted molar refractivity (Wildman–Crippen MR) is 86.5 cm³/mol. The first kappa shape index (κ1) is 17.0. The fourth-order valence-electron chi connectivity index (χ4n) is 2.61. The second-order valence-corrected chi connectivity index (χ2v) is 5.83. The largest absolute Gasteiger partial charge is 0.352 e. The van der Waals surface area contributed by atoms with Crippen LogP contribution in [0.4, 0.5) is 0 Å². The summed E-state index contributed by atoms with van der Waals surface area (Å²) in [6.07, 6.45) is -0.147. The molecule has 1 aromatic rings. The van der Waals surface area contributed by atoms with Crippen molar-refractivity contribution >= 4 is 17.7 Å². The first-order chi connectivity index (χ1) is 11.0. The Morgan fingerprint density at radius 3 is 2.35 bits per heavy atom. The summed E-state index contributed by atoms with van der Waals surface area (Å²) < 4.78 is 0. The topological polar surface area (TPSA) is 69.7 Å². The van der Waals surface area contributed by atoms with E-state index in [-0.39, 0.29) is 24.1 Å². The van der Waals surface area contributed by atoms with E-state index in [9.17, 15) is 14.4 Å². The van der Waals surface area contributed by atoms with Gasteiger partial charge in [0.15, 0.2) is 0 Å². The van der Waals surface area contributed by atoms with E-state index in [0.717, 1.165) is 11.1 Å². The van der Waals surface area contributed by atoms with Gasteiger partial charge in [-0.2, -0.15) is 0 Å². The van der Waals surface area contributed by atoms with Gasteiger partial charge in [-0.3, -0.25) is 14.4 Å². The van der Waals surface area contributed by atoms with Gasteiger partial charge in [0, 0.05) is 39.6 Å². The summed E-state index contributed by atoms with van der Waals surface area (Å²) in [5, 5.41) is 2.77. The van der Waals surface area contributed by atoms with Crippen molar-refractivity contribution in [2.24, 2.45) is 0 Å². The Morgan fingerprint density at radius 1 is 1.09 bits per heavy atom. The molecule has 1 heterocycles. The molecule has 1 saturated heterocycles. The van der Waals surface area contributed by atoms with Crippen molar-refractivity contribution < 1.29 is 14.4 Å². The van der Waals surface area contributed by atoms with Gasteiger partial charge in [0.2, 0.25) is 17.7 Å². The number of nitrogens with zero attached hydrogens (tertiary/aromatic N) is 2. The number of carbonyl (C=O) groups is 3. The average Bonchev–Trinajstić information content (AvgIpc) is 2.53. The molecule has 23 heavy (non-hydrogen) atoms. The monoisotopic (exact) mass is 317 g/mol. The standard InChI is InChI=1S/C17H23N3O3/c1-13-4-3-5-15(10-13)12-18-16(22)11-17(23)20-8-6-19(7-9-20)14(2)21/h3-5,10H,6-9,11-12H2,1-2H3,(H,18,22). The van der Waals surface area contributed by atoms with E-state index in [0.29, 0.717) is 32.7 Å². The molecule has 124 valence electrons. The molecule has 2 rings (SSSR count). The molecule has 0 unspecified atom stereocenters. The maximum absolute atomic E-state index is 12.1. The first-order valence-corrected chi connectivity index (χ1v) is 7.81. The molecule has 0 aromatic heterocycles. The third kappa shape index (κ3) is 5.09. The van der Waals surface area contributed by atoms with Gasteiger partial charge in [0.05, 0.1) is 0 Å². The van der Waals surface area contributed by atoms with Crippen molar-refractivity contribution in [2.45, 2.75) is 26.8 Å². The second-order valence-electron chi connectivity index (χ2n) is 5.83. The quantitative estimate of drug-likeness (QED) is 0.831. The lowest BCUT2D eigenvalue weighted by atomic mass is 10.1. The first-order valence-electron chi connectivity index (χ1n) is 7.81. The molecule has 3 amide bonds. The number of nitrogens with one attached hydrogen (secondary N) is 1. The molecule has 0 atom stereocenters. The van der Waals surface area contributed by atoms with E-state index < -0.39 is 0 Å². The molecule has 0 bridgehead atoms. The van der Waals surface area contributed by atoms with Gasteiger partial charge in [-0.15, -0.1) is 0 Å². The van der Waals surface area contributed by atoms with Crippen LogP contribution in [-0.4, -0.2) is 53.7 Å². The highest BCUT2D eigenvalue weighted by molar-refractivity contribution is 5.96. The third-order valence-electron chi connectivity index (χ3n) is 3.96. The number of benzene rings is 1. The Hall–Kier alpha value is -2.37. The van der Waals surface area contributed by atoms with Gasteiger partial charge < -0.3 is 15.1 Å². The van der Waals surface area contributed by atoms with Gasteiger partial charge >= 0.3 is 0 Å². The van der Waals surface area contributed by atoms with E-state index in [1.54, 1.807) is 9.80 Å². The number of amides is 3. The van der Waals surface area contributed by atoms with Crippen LogP contribution in [-0.2, 0) is 20.9 Å². The van der Waals surface area contributed by atoms with E-state index in [4.69, 9.17) is 0 Å². The fraction of sp³-hybridized carbons (Fsp3) is 0.471. The molecule has 1 fully saturated rings. The van der Waals surface area contributed by atoms with Gasteiger partial charge in [0.1, 0.15) is 6.42 Å². The molecule has 0 radical (unpaired) electrons. The van der Waals surface area contributed by atoms with Crippen molar-refractivity contribution in [3.63, 3.8) is 0 Å². The predicted octanol–water partition coefficient (Wildman–Crippen LogP) is 0.692. The summed E-state index contributed by atoms with van der Waals surface area (Å²) in [5.41, 5.74) is 2.15. The molecular formula is C17H23N3O3. The van der Waals surface area contributed by atoms with E-state index in [1.165, 1.54) is 6.92 Å². The lowest BCUT2D eigenvalue weighted by Crippen LogP contribution is -2.50. The van der Waals surface area contributed by atoms with Crippen LogP contribution in [0.2, 0.25) is 0 Å². The van der Waals surface area contributed by atoms with Gasteiger partial charge in [-0.1, -0.05) is 29.8 Å². The summed E-state index contributed by atoms with van der Waals surface area (Å²) >= 11 is 0. The highest BCUT2D eigenvalue weighted by Crippen LogP contribution is 2.05. The zero-order valence-electron chi connectivity index (χ0n) is 13.7. The molecule has 0 aliphatic carbocycles. The Bertz CT molecular complexity index is 593. The third-order valence-corrected chi connectivity index (χ3v) is 3.96. The Labute approximate surface area is 136 Å². The van der Waals surface area contributed by atoms with Crippen molar-refractivity contribution in [1.82, 2.24) is 15.1 Å². The maximum Gasteiger partial charge on any atom is 0.232 e. The molecule has 1 aliphatic rings. The molecule has 0 spiro atoms. The lowest BCUT2D eigenvalue weighted by Gasteiger charge is -2.34. The van der Waals surface area contributed by atoms with Crippen LogP contribution in [0.15, 0.2) is 24.3 Å². The maximum atomic E-state index is 12.1. The molecule has 1 aromatic carbocycles. The summed E-state index contributed by atoms with van der Waals surface area (Å²) in [5.74, 6) is -0.437. The molecule has 6 heteroatoms. The van der Waals surface area contributed by atoms with E-state index in [1.807, 2.05) is 31.2 Å². The summed E-state index contributed by atoms with van der Waals surface area (Å²) in [6, 6.07) is 7.88. The van der Waals surface area contributed by atoms with Gasteiger partial charge in [-0.05, 0) is 12.5 Å². The number of carbonyl (C=O) groups excluding carboxylic acids is 3. The van der Waals surface area contributed by atoms with Crippen molar-refractivity contribution in [1.29, 1.82) is 0 Å². The van der Waals surface area contributed by atoms with E-state index in [2.05, 4.69) is 5.32 Å². The number of hydrogen-bond donors (Lipinski definition) is 1. The molecule has 1 N–H and O–H groups in total. The Morgan fingerprint density at radius 2 is 1.74 bits per heavy atom. The Balaban J connectivity index is 1.75. The second kappa shape index (κ2) is 7.76. The minimum Gasteiger partial charge on any atom is -0.352 e. The summed E-state index contributed by atoms with van der Waals surface area (Å²) in [4.78, 5) is 38.6. The number of rotatable bonds is 4. The van der Waals surface area contributed by atoms with Crippen LogP contribution in [0, 0.1) is 6.92 Å². The summed E-state index contributed by atoms with van der Waals surface area (Å²) in [7, 11) is 0. The van der Waals surface area contributed by atoms with Crippen molar-refractivity contribution in [3.8, 4) is 0 Å². The molecule has 6 nitrogen and oxygen atoms in total. The average molecular weight is 317 g/mol. The zero-order valence-corrected chi connectivity index (χ0v) is 13.7. The SMILES string of the molecule is CC(=O)N1CCN(C(=O)CC(=O)NCc2cccc(C)c2)CC1. The normalized spacial score (nSPS) is 14.5. The number of hydrogen-bond acceptors (Lipinski definition) is 3. The molecule has 1 aliphatic heterocycles. The number of piperazine rings is 1. The van der Waals surface area contributed by atoms with Crippen molar-refractivity contribution in [2.75, 3.05) is 26.2 Å². The Kier molecular flexibility index (Phi) is 5.73. The van der Waals surface area contributed by atoms with Crippen LogP contribution in [0.1, 0.15) is 24.5 Å². The van der Waals surface area contributed by atoms with Crippen LogP contribution in [0.5, 0.6) is 0 Å². The zero-order chi connectivity index (χ0) is 16.8. The minimum absolute atomic E-state index is 0.0213. The molecular weight excluding hydrogens is 294 g/mol. The smallest absolute Gasteiger partial charge is 0.232 e.